The van der Waals surface area contributed by atoms with Crippen LogP contribution in [0.1, 0.15) is 50.3 Å². The second-order valence-corrected chi connectivity index (χ2v) is 5.13. The van der Waals surface area contributed by atoms with Gasteiger partial charge in [0.05, 0.1) is 6.10 Å². The van der Waals surface area contributed by atoms with Crippen molar-refractivity contribution >= 4 is 5.91 Å². The third kappa shape index (κ3) is 5.72. The summed E-state index contributed by atoms with van der Waals surface area (Å²) in [6, 6.07) is 7.71. The van der Waals surface area contributed by atoms with Crippen LogP contribution in [0.3, 0.4) is 0 Å². The zero-order valence-corrected chi connectivity index (χ0v) is 12.3. The van der Waals surface area contributed by atoms with Crippen LogP contribution >= 0.6 is 0 Å². The summed E-state index contributed by atoms with van der Waals surface area (Å²) in [5, 5.41) is 22.6. The molecule has 4 nitrogen and oxygen atoms in total. The number of benzene rings is 1. The van der Waals surface area contributed by atoms with Crippen LogP contribution in [-0.2, 0) is 11.2 Å². The molecule has 1 aromatic rings. The fraction of sp³-hybridized carbons (Fsp3) is 0.562. The van der Waals surface area contributed by atoms with Crippen LogP contribution in [-0.4, -0.2) is 28.8 Å². The highest BCUT2D eigenvalue weighted by Gasteiger charge is 2.17. The molecule has 1 amide bonds. The summed E-state index contributed by atoms with van der Waals surface area (Å²) >= 11 is 0. The highest BCUT2D eigenvalue weighted by atomic mass is 16.3. The average molecular weight is 279 g/mol. The Labute approximate surface area is 120 Å². The normalized spacial score (nSPS) is 13.8. The molecule has 0 saturated carbocycles. The predicted octanol–water partition coefficient (Wildman–Crippen LogP) is 1.95. The lowest BCUT2D eigenvalue weighted by atomic mass is 9.99. The molecule has 0 aliphatic carbocycles. The summed E-state index contributed by atoms with van der Waals surface area (Å²) in [4.78, 5) is 10.7. The molecule has 1 aromatic carbocycles. The molecule has 0 spiro atoms. The Balaban J connectivity index is 2.49. The number of aryl methyl sites for hydroxylation is 1. The molecule has 112 valence electrons. The number of carbonyl (C=O) groups is 1. The summed E-state index contributed by atoms with van der Waals surface area (Å²) < 4.78 is 0. The number of carbonyl (C=O) groups excluding carboxylic acids is 1. The summed E-state index contributed by atoms with van der Waals surface area (Å²) in [6.07, 6.45) is 1.90. The Bertz CT molecular complexity index is 403. The van der Waals surface area contributed by atoms with Crippen LogP contribution in [0.25, 0.3) is 0 Å². The number of amides is 1. The van der Waals surface area contributed by atoms with Crippen molar-refractivity contribution in [1.82, 2.24) is 5.32 Å². The molecule has 3 N–H and O–H groups in total. The Morgan fingerprint density at radius 1 is 1.25 bits per heavy atom. The number of hydrogen-bond acceptors (Lipinski definition) is 3. The lowest BCUT2D eigenvalue weighted by Crippen LogP contribution is -2.27. The quantitative estimate of drug-likeness (QED) is 0.681. The fourth-order valence-corrected chi connectivity index (χ4v) is 2.04. The van der Waals surface area contributed by atoms with E-state index < -0.39 is 12.2 Å². The van der Waals surface area contributed by atoms with Gasteiger partial charge in [-0.05, 0) is 30.4 Å². The lowest BCUT2D eigenvalue weighted by molar-refractivity contribution is -0.119. The second-order valence-electron chi connectivity index (χ2n) is 5.13. The first-order valence-electron chi connectivity index (χ1n) is 7.24. The van der Waals surface area contributed by atoms with Gasteiger partial charge in [0.2, 0.25) is 5.91 Å². The number of rotatable bonds is 8. The van der Waals surface area contributed by atoms with Gasteiger partial charge in [0.25, 0.3) is 0 Å². The molecule has 0 heterocycles. The molecular formula is C16H25NO3. The standard InChI is InChI=1S/C16H25NO3/c1-3-4-5-13-6-8-14(9-7-13)16(20)15(19)10-11-17-12(2)18/h6-9,15-16,19-20H,3-5,10-11H2,1-2H3,(H,17,18). The van der Waals surface area contributed by atoms with E-state index in [0.717, 1.165) is 19.3 Å². The molecule has 20 heavy (non-hydrogen) atoms. The van der Waals surface area contributed by atoms with Gasteiger partial charge in [0.1, 0.15) is 6.10 Å². The van der Waals surface area contributed by atoms with Crippen LogP contribution in [0.2, 0.25) is 0 Å². The van der Waals surface area contributed by atoms with E-state index >= 15 is 0 Å². The van der Waals surface area contributed by atoms with Crippen molar-refractivity contribution in [1.29, 1.82) is 0 Å². The maximum Gasteiger partial charge on any atom is 0.216 e. The van der Waals surface area contributed by atoms with E-state index in [4.69, 9.17) is 0 Å². The lowest BCUT2D eigenvalue weighted by Gasteiger charge is -2.18. The van der Waals surface area contributed by atoms with Gasteiger partial charge >= 0.3 is 0 Å². The topological polar surface area (TPSA) is 69.6 Å². The highest BCUT2D eigenvalue weighted by molar-refractivity contribution is 5.72. The van der Waals surface area contributed by atoms with E-state index in [2.05, 4.69) is 12.2 Å². The first kappa shape index (κ1) is 16.7. The van der Waals surface area contributed by atoms with Crippen molar-refractivity contribution in [2.45, 2.75) is 51.7 Å². The number of nitrogens with one attached hydrogen (secondary N) is 1. The van der Waals surface area contributed by atoms with Crippen molar-refractivity contribution in [3.05, 3.63) is 35.4 Å². The molecule has 4 heteroatoms. The Hall–Kier alpha value is -1.39. The molecule has 0 aliphatic rings. The van der Waals surface area contributed by atoms with Gasteiger partial charge in [-0.25, -0.2) is 0 Å². The number of unbranched alkanes of at least 4 members (excludes halogenated alkanes) is 1. The Kier molecular flexibility index (Phi) is 7.26. The number of aliphatic hydroxyl groups is 2. The van der Waals surface area contributed by atoms with Crippen molar-refractivity contribution in [2.24, 2.45) is 0 Å². The van der Waals surface area contributed by atoms with Gasteiger partial charge in [-0.15, -0.1) is 0 Å². The third-order valence-corrected chi connectivity index (χ3v) is 3.32. The molecule has 0 fully saturated rings. The summed E-state index contributed by atoms with van der Waals surface area (Å²) in [5.41, 5.74) is 1.95. The average Bonchev–Trinajstić information content (AvgIpc) is 2.44. The van der Waals surface area contributed by atoms with Crippen LogP contribution < -0.4 is 5.32 Å². The minimum atomic E-state index is -0.913. The monoisotopic (exact) mass is 279 g/mol. The van der Waals surface area contributed by atoms with Crippen LogP contribution in [0.5, 0.6) is 0 Å². The molecule has 2 atom stereocenters. The predicted molar refractivity (Wildman–Crippen MR) is 79.3 cm³/mol. The summed E-state index contributed by atoms with van der Waals surface area (Å²) in [7, 11) is 0. The maximum absolute atomic E-state index is 10.7. The highest BCUT2D eigenvalue weighted by Crippen LogP contribution is 2.19. The van der Waals surface area contributed by atoms with E-state index in [1.807, 2.05) is 24.3 Å². The second kappa shape index (κ2) is 8.72. The van der Waals surface area contributed by atoms with Crippen molar-refractivity contribution in [3.8, 4) is 0 Å². The number of hydrogen-bond donors (Lipinski definition) is 3. The minimum absolute atomic E-state index is 0.132. The van der Waals surface area contributed by atoms with Gasteiger partial charge in [-0.2, -0.15) is 0 Å². The van der Waals surface area contributed by atoms with Gasteiger partial charge in [0, 0.05) is 13.5 Å². The molecule has 1 rings (SSSR count). The number of aliphatic hydroxyl groups excluding tert-OH is 2. The minimum Gasteiger partial charge on any atom is -0.390 e. The summed E-state index contributed by atoms with van der Waals surface area (Å²) in [6.45, 7) is 3.95. The molecule has 0 radical (unpaired) electrons. The SMILES string of the molecule is CCCCc1ccc(C(O)C(O)CCNC(C)=O)cc1. The molecule has 0 aromatic heterocycles. The van der Waals surface area contributed by atoms with Crippen LogP contribution in [0, 0.1) is 0 Å². The van der Waals surface area contributed by atoms with E-state index in [-0.39, 0.29) is 5.91 Å². The van der Waals surface area contributed by atoms with E-state index in [9.17, 15) is 15.0 Å². The Morgan fingerprint density at radius 3 is 2.45 bits per heavy atom. The van der Waals surface area contributed by atoms with Crippen LogP contribution in [0.15, 0.2) is 24.3 Å². The van der Waals surface area contributed by atoms with E-state index in [1.54, 1.807) is 0 Å². The summed E-state index contributed by atoms with van der Waals surface area (Å²) in [5.74, 6) is -0.132. The van der Waals surface area contributed by atoms with Crippen LogP contribution in [0.4, 0.5) is 0 Å². The molecule has 0 bridgehead atoms. The first-order chi connectivity index (χ1) is 9.54. The van der Waals surface area contributed by atoms with Crippen molar-refractivity contribution in [3.63, 3.8) is 0 Å². The van der Waals surface area contributed by atoms with Gasteiger partial charge in [0.15, 0.2) is 0 Å². The molecule has 0 saturated heterocycles. The molecular weight excluding hydrogens is 254 g/mol. The zero-order valence-electron chi connectivity index (χ0n) is 12.3. The maximum atomic E-state index is 10.7. The third-order valence-electron chi connectivity index (χ3n) is 3.32. The fourth-order valence-electron chi connectivity index (χ4n) is 2.04. The van der Waals surface area contributed by atoms with Crippen molar-refractivity contribution in [2.75, 3.05) is 6.54 Å². The van der Waals surface area contributed by atoms with E-state index in [0.29, 0.717) is 18.5 Å². The van der Waals surface area contributed by atoms with Gasteiger partial charge in [-0.1, -0.05) is 37.6 Å². The van der Waals surface area contributed by atoms with E-state index in [1.165, 1.54) is 12.5 Å². The largest absolute Gasteiger partial charge is 0.390 e. The smallest absolute Gasteiger partial charge is 0.216 e. The molecule has 0 aliphatic heterocycles. The van der Waals surface area contributed by atoms with Crippen molar-refractivity contribution < 1.29 is 15.0 Å². The van der Waals surface area contributed by atoms with Gasteiger partial charge < -0.3 is 15.5 Å². The zero-order chi connectivity index (χ0) is 15.0. The molecule has 2 unspecified atom stereocenters. The Morgan fingerprint density at radius 2 is 1.90 bits per heavy atom. The first-order valence-corrected chi connectivity index (χ1v) is 7.24. The van der Waals surface area contributed by atoms with Gasteiger partial charge in [-0.3, -0.25) is 4.79 Å².